The molecule has 4 rings (SSSR count). The molecule has 0 saturated carbocycles. The second-order valence-electron chi connectivity index (χ2n) is 6.66. The lowest BCUT2D eigenvalue weighted by molar-refractivity contribution is -0.114. The van der Waals surface area contributed by atoms with Crippen LogP contribution in [0.5, 0.6) is 0 Å². The summed E-state index contributed by atoms with van der Waals surface area (Å²) in [4.78, 5) is 29.3. The van der Waals surface area contributed by atoms with E-state index < -0.39 is 11.9 Å². The SMILES string of the molecule is CC(C)SC1=NSC2=NC(=O)/C(=C\c3ccc(-c4cccc(C(=O)O)c4)o3)C(=N)N21. The zero-order valence-electron chi connectivity index (χ0n) is 15.9. The first-order valence-corrected chi connectivity index (χ1v) is 10.6. The molecule has 2 N–H and O–H groups in total. The van der Waals surface area contributed by atoms with Gasteiger partial charge in [-0.15, -0.1) is 0 Å². The number of amidine groups is 3. The summed E-state index contributed by atoms with van der Waals surface area (Å²) in [6.07, 6.45) is 1.47. The summed E-state index contributed by atoms with van der Waals surface area (Å²) in [6.45, 7) is 4.04. The maximum absolute atomic E-state index is 12.5. The molecular formula is C20H16N4O4S2. The quantitative estimate of drug-likeness (QED) is 0.535. The molecule has 2 aliphatic heterocycles. The van der Waals surface area contributed by atoms with Gasteiger partial charge in [-0.05, 0) is 30.3 Å². The maximum atomic E-state index is 12.5. The lowest BCUT2D eigenvalue weighted by atomic mass is 10.1. The summed E-state index contributed by atoms with van der Waals surface area (Å²) in [5.41, 5.74) is 0.845. The molecule has 0 aliphatic carbocycles. The molecule has 1 amide bonds. The number of fused-ring (bicyclic) bond motifs is 1. The number of hydrogen-bond donors (Lipinski definition) is 2. The average Bonchev–Trinajstić information content (AvgIpc) is 3.32. The number of carboxylic acids is 1. The van der Waals surface area contributed by atoms with E-state index in [0.29, 0.717) is 27.4 Å². The van der Waals surface area contributed by atoms with E-state index in [1.807, 2.05) is 13.8 Å². The highest BCUT2D eigenvalue weighted by Crippen LogP contribution is 2.33. The predicted octanol–water partition coefficient (Wildman–Crippen LogP) is 4.36. The highest BCUT2D eigenvalue weighted by atomic mass is 32.2. The molecule has 0 fully saturated rings. The van der Waals surface area contributed by atoms with Crippen molar-refractivity contribution in [3.05, 3.63) is 53.3 Å². The lowest BCUT2D eigenvalue weighted by Gasteiger charge is -2.24. The number of thioether (sulfide) groups is 1. The van der Waals surface area contributed by atoms with Gasteiger partial charge in [0.1, 0.15) is 17.4 Å². The van der Waals surface area contributed by atoms with Crippen molar-refractivity contribution in [3.8, 4) is 11.3 Å². The highest BCUT2D eigenvalue weighted by Gasteiger charge is 2.38. The highest BCUT2D eigenvalue weighted by molar-refractivity contribution is 8.19. The van der Waals surface area contributed by atoms with Crippen LogP contribution in [0.15, 0.2) is 55.8 Å². The molecule has 1 aromatic carbocycles. The molecule has 8 nitrogen and oxygen atoms in total. The van der Waals surface area contributed by atoms with Crippen molar-refractivity contribution in [2.24, 2.45) is 9.39 Å². The number of hydrogen-bond acceptors (Lipinski definition) is 7. The predicted molar refractivity (Wildman–Crippen MR) is 119 cm³/mol. The standard InChI is InChI=1S/C20H16N4O4S2/c1-10(2)29-20-23-30-19-22-17(25)14(16(21)24(19)20)9-13-6-7-15(28-13)11-4-3-5-12(8-11)18(26)27/h3-10,21H,1-2H3,(H,26,27)/b14-9-,21-16?. The van der Waals surface area contributed by atoms with Gasteiger partial charge < -0.3 is 9.52 Å². The fraction of sp³-hybridized carbons (Fsp3) is 0.150. The lowest BCUT2D eigenvalue weighted by Crippen LogP contribution is -2.41. The van der Waals surface area contributed by atoms with Crippen LogP contribution >= 0.6 is 23.7 Å². The molecule has 0 unspecified atom stereocenters. The Balaban J connectivity index is 1.64. The number of carbonyl (C=O) groups excluding carboxylic acids is 1. The largest absolute Gasteiger partial charge is 0.478 e. The molecule has 30 heavy (non-hydrogen) atoms. The van der Waals surface area contributed by atoms with Gasteiger partial charge in [-0.2, -0.15) is 9.39 Å². The number of furan rings is 1. The Hall–Kier alpha value is -3.11. The van der Waals surface area contributed by atoms with Crippen molar-refractivity contribution in [1.29, 1.82) is 5.41 Å². The number of amides is 1. The van der Waals surface area contributed by atoms with Crippen molar-refractivity contribution >= 4 is 57.8 Å². The fourth-order valence-corrected chi connectivity index (χ4v) is 4.49. The van der Waals surface area contributed by atoms with Crippen LogP contribution in [0.25, 0.3) is 17.4 Å². The molecule has 10 heteroatoms. The monoisotopic (exact) mass is 440 g/mol. The van der Waals surface area contributed by atoms with Crippen molar-refractivity contribution in [1.82, 2.24) is 4.90 Å². The number of aromatic carboxylic acids is 1. The van der Waals surface area contributed by atoms with Gasteiger partial charge in [-0.25, -0.2) is 9.69 Å². The Morgan fingerprint density at radius 2 is 2.13 bits per heavy atom. The van der Waals surface area contributed by atoms with Gasteiger partial charge in [0.05, 0.1) is 23.1 Å². The third-order valence-electron chi connectivity index (χ3n) is 4.14. The van der Waals surface area contributed by atoms with Crippen LogP contribution in [0.2, 0.25) is 0 Å². The fourth-order valence-electron chi connectivity index (χ4n) is 2.82. The number of nitrogens with one attached hydrogen (secondary N) is 1. The molecule has 3 heterocycles. The van der Waals surface area contributed by atoms with E-state index in [0.717, 1.165) is 11.9 Å². The first-order chi connectivity index (χ1) is 14.3. The molecule has 0 radical (unpaired) electrons. The summed E-state index contributed by atoms with van der Waals surface area (Å²) in [5, 5.41) is 18.9. The van der Waals surface area contributed by atoms with E-state index in [-0.39, 0.29) is 22.2 Å². The van der Waals surface area contributed by atoms with Crippen LogP contribution < -0.4 is 0 Å². The second-order valence-corrected chi connectivity index (χ2v) is 8.94. The molecule has 1 aromatic heterocycles. The van der Waals surface area contributed by atoms with Gasteiger partial charge in [0.25, 0.3) is 5.91 Å². The smallest absolute Gasteiger partial charge is 0.335 e. The summed E-state index contributed by atoms with van der Waals surface area (Å²) < 4.78 is 10.1. The first kappa shape index (κ1) is 20.2. The van der Waals surface area contributed by atoms with Crippen LogP contribution in [0.4, 0.5) is 0 Å². The number of carboxylic acid groups (broad SMARTS) is 1. The molecule has 2 aliphatic rings. The Morgan fingerprint density at radius 1 is 1.33 bits per heavy atom. The Bertz CT molecular complexity index is 1160. The minimum absolute atomic E-state index is 0.00674. The third-order valence-corrected chi connectivity index (χ3v) is 5.92. The molecule has 0 spiro atoms. The van der Waals surface area contributed by atoms with Crippen molar-refractivity contribution in [2.75, 3.05) is 0 Å². The van der Waals surface area contributed by atoms with Gasteiger partial charge in [-0.3, -0.25) is 10.2 Å². The van der Waals surface area contributed by atoms with Crippen LogP contribution in [0, 0.1) is 5.41 Å². The van der Waals surface area contributed by atoms with Gasteiger partial charge in [0, 0.05) is 10.8 Å². The van der Waals surface area contributed by atoms with Crippen LogP contribution in [0.3, 0.4) is 0 Å². The molecule has 0 bridgehead atoms. The minimum atomic E-state index is -1.03. The van der Waals surface area contributed by atoms with Crippen molar-refractivity contribution in [2.45, 2.75) is 19.1 Å². The zero-order valence-corrected chi connectivity index (χ0v) is 17.6. The van der Waals surface area contributed by atoms with Crippen LogP contribution in [-0.2, 0) is 4.79 Å². The van der Waals surface area contributed by atoms with Crippen molar-refractivity contribution < 1.29 is 19.1 Å². The number of aliphatic imine (C=N–C) groups is 1. The summed E-state index contributed by atoms with van der Waals surface area (Å²) in [6, 6.07) is 9.72. The first-order valence-electron chi connectivity index (χ1n) is 8.92. The second kappa shape index (κ2) is 7.96. The summed E-state index contributed by atoms with van der Waals surface area (Å²) in [7, 11) is 0. The minimum Gasteiger partial charge on any atom is -0.478 e. The summed E-state index contributed by atoms with van der Waals surface area (Å²) >= 11 is 2.57. The number of rotatable bonds is 4. The van der Waals surface area contributed by atoms with Gasteiger partial charge in [0.2, 0.25) is 5.17 Å². The molecule has 0 atom stereocenters. The summed E-state index contributed by atoms with van der Waals surface area (Å²) in [5.74, 6) is -0.748. The Morgan fingerprint density at radius 3 is 2.87 bits per heavy atom. The molecule has 0 saturated heterocycles. The number of benzene rings is 1. The maximum Gasteiger partial charge on any atom is 0.335 e. The van der Waals surface area contributed by atoms with Gasteiger partial charge in [-0.1, -0.05) is 37.7 Å². The molecule has 152 valence electrons. The number of carbonyl (C=O) groups is 2. The Kier molecular flexibility index (Phi) is 5.35. The zero-order chi connectivity index (χ0) is 21.4. The van der Waals surface area contributed by atoms with E-state index in [4.69, 9.17) is 14.9 Å². The average molecular weight is 441 g/mol. The molecular weight excluding hydrogens is 424 g/mol. The van der Waals surface area contributed by atoms with Gasteiger partial charge in [0.15, 0.2) is 5.17 Å². The van der Waals surface area contributed by atoms with E-state index in [1.165, 1.54) is 30.0 Å². The van der Waals surface area contributed by atoms with E-state index in [1.54, 1.807) is 29.2 Å². The topological polar surface area (TPSA) is 119 Å². The molecule has 2 aromatic rings. The Labute approximate surface area is 180 Å². The van der Waals surface area contributed by atoms with Gasteiger partial charge >= 0.3 is 5.97 Å². The third kappa shape index (κ3) is 3.83. The normalized spacial score (nSPS) is 17.4. The van der Waals surface area contributed by atoms with Crippen molar-refractivity contribution in [3.63, 3.8) is 0 Å². The van der Waals surface area contributed by atoms with Crippen LogP contribution in [0.1, 0.15) is 30.0 Å². The number of nitrogens with zero attached hydrogens (tertiary/aromatic N) is 3. The van der Waals surface area contributed by atoms with E-state index in [9.17, 15) is 9.59 Å². The van der Waals surface area contributed by atoms with Crippen LogP contribution in [-0.4, -0.2) is 43.3 Å². The van der Waals surface area contributed by atoms with E-state index >= 15 is 0 Å². The van der Waals surface area contributed by atoms with E-state index in [2.05, 4.69) is 9.39 Å².